The number of aryl methyl sites for hydroxylation is 1. The summed E-state index contributed by atoms with van der Waals surface area (Å²) in [4.78, 5) is 11.4. The second-order valence-corrected chi connectivity index (χ2v) is 6.08. The van der Waals surface area contributed by atoms with Crippen LogP contribution in [0.1, 0.15) is 16.3 Å². The van der Waals surface area contributed by atoms with E-state index < -0.39 is 5.97 Å². The summed E-state index contributed by atoms with van der Waals surface area (Å²) in [5.74, 6) is 1.98. The maximum absolute atomic E-state index is 11.4. The minimum Gasteiger partial charge on any atom is -0.479 e. The zero-order valence-electron chi connectivity index (χ0n) is 14.2. The molecule has 0 bridgehead atoms. The third kappa shape index (κ3) is 3.38. The SMILES string of the molecule is COC(=O)c1ccc(CSc2nnc(-c3cn(C)nc3OC)n2C)o1. The van der Waals surface area contributed by atoms with E-state index in [0.29, 0.717) is 28.4 Å². The van der Waals surface area contributed by atoms with E-state index in [0.717, 1.165) is 5.56 Å². The molecule has 0 N–H and O–H groups in total. The Morgan fingerprint density at radius 3 is 2.80 bits per heavy atom. The highest BCUT2D eigenvalue weighted by Crippen LogP contribution is 2.30. The van der Waals surface area contributed by atoms with Gasteiger partial charge in [-0.2, -0.15) is 0 Å². The second-order valence-electron chi connectivity index (χ2n) is 5.14. The van der Waals surface area contributed by atoms with Crippen molar-refractivity contribution in [3.8, 4) is 17.3 Å². The van der Waals surface area contributed by atoms with Gasteiger partial charge in [-0.1, -0.05) is 11.8 Å². The molecule has 0 saturated heterocycles. The van der Waals surface area contributed by atoms with E-state index in [-0.39, 0.29) is 5.76 Å². The van der Waals surface area contributed by atoms with Gasteiger partial charge < -0.3 is 18.5 Å². The van der Waals surface area contributed by atoms with Gasteiger partial charge in [0.25, 0.3) is 0 Å². The van der Waals surface area contributed by atoms with Gasteiger partial charge in [0.05, 0.1) is 20.0 Å². The molecule has 3 rings (SSSR count). The van der Waals surface area contributed by atoms with Crippen LogP contribution in [0.2, 0.25) is 0 Å². The van der Waals surface area contributed by atoms with Gasteiger partial charge in [-0.05, 0) is 12.1 Å². The van der Waals surface area contributed by atoms with Gasteiger partial charge in [-0.3, -0.25) is 4.68 Å². The van der Waals surface area contributed by atoms with Crippen molar-refractivity contribution in [3.05, 3.63) is 29.9 Å². The highest BCUT2D eigenvalue weighted by atomic mass is 32.2. The molecule has 3 heterocycles. The molecular formula is C15H17N5O4S. The van der Waals surface area contributed by atoms with Gasteiger partial charge in [0.1, 0.15) is 11.3 Å². The van der Waals surface area contributed by atoms with Gasteiger partial charge in [0.2, 0.25) is 11.6 Å². The second kappa shape index (κ2) is 7.01. The average Bonchev–Trinajstić information content (AvgIpc) is 3.31. The first-order valence-electron chi connectivity index (χ1n) is 7.30. The van der Waals surface area contributed by atoms with Crippen LogP contribution in [0.5, 0.6) is 5.88 Å². The van der Waals surface area contributed by atoms with Crippen molar-refractivity contribution in [2.45, 2.75) is 10.9 Å². The van der Waals surface area contributed by atoms with Crippen LogP contribution >= 0.6 is 11.8 Å². The minimum absolute atomic E-state index is 0.178. The molecule has 0 saturated carbocycles. The number of rotatable bonds is 6. The zero-order valence-corrected chi connectivity index (χ0v) is 15.0. The molecule has 0 fully saturated rings. The Bertz CT molecular complexity index is 898. The number of thioether (sulfide) groups is 1. The van der Waals surface area contributed by atoms with E-state index in [9.17, 15) is 4.79 Å². The molecule has 9 nitrogen and oxygen atoms in total. The molecule has 0 aliphatic carbocycles. The normalized spacial score (nSPS) is 10.9. The van der Waals surface area contributed by atoms with Crippen LogP contribution in [0.25, 0.3) is 11.4 Å². The fraction of sp³-hybridized carbons (Fsp3) is 0.333. The summed E-state index contributed by atoms with van der Waals surface area (Å²) in [6.07, 6.45) is 1.83. The van der Waals surface area contributed by atoms with Gasteiger partial charge in [0, 0.05) is 20.3 Å². The van der Waals surface area contributed by atoms with Crippen LogP contribution in [0.4, 0.5) is 0 Å². The van der Waals surface area contributed by atoms with E-state index in [2.05, 4.69) is 20.0 Å². The predicted molar refractivity (Wildman–Crippen MR) is 89.4 cm³/mol. The number of carbonyl (C=O) groups is 1. The van der Waals surface area contributed by atoms with Crippen LogP contribution in [-0.2, 0) is 24.6 Å². The lowest BCUT2D eigenvalue weighted by molar-refractivity contribution is 0.0563. The Balaban J connectivity index is 1.75. The predicted octanol–water partition coefficient (Wildman–Crippen LogP) is 1.90. The fourth-order valence-corrected chi connectivity index (χ4v) is 3.05. The molecule has 3 aromatic heterocycles. The molecule has 25 heavy (non-hydrogen) atoms. The third-order valence-electron chi connectivity index (χ3n) is 3.46. The van der Waals surface area contributed by atoms with Crippen molar-refractivity contribution in [3.63, 3.8) is 0 Å². The van der Waals surface area contributed by atoms with Crippen LogP contribution in [-0.4, -0.2) is 44.7 Å². The van der Waals surface area contributed by atoms with Crippen molar-refractivity contribution >= 4 is 17.7 Å². The molecule has 10 heteroatoms. The lowest BCUT2D eigenvalue weighted by atomic mass is 10.3. The maximum atomic E-state index is 11.4. The van der Waals surface area contributed by atoms with Crippen molar-refractivity contribution in [2.24, 2.45) is 14.1 Å². The molecule has 0 atom stereocenters. The van der Waals surface area contributed by atoms with Crippen LogP contribution in [0, 0.1) is 0 Å². The number of hydrogen-bond acceptors (Lipinski definition) is 8. The van der Waals surface area contributed by atoms with Crippen molar-refractivity contribution in [1.29, 1.82) is 0 Å². The smallest absolute Gasteiger partial charge is 0.373 e. The Morgan fingerprint density at radius 2 is 2.08 bits per heavy atom. The van der Waals surface area contributed by atoms with E-state index >= 15 is 0 Å². The Hall–Kier alpha value is -2.75. The summed E-state index contributed by atoms with van der Waals surface area (Å²) in [5.41, 5.74) is 0.762. The Labute approximate surface area is 147 Å². The van der Waals surface area contributed by atoms with Gasteiger partial charge in [-0.25, -0.2) is 4.79 Å². The zero-order chi connectivity index (χ0) is 18.0. The number of ether oxygens (including phenoxy) is 2. The van der Waals surface area contributed by atoms with E-state index in [1.807, 2.05) is 24.9 Å². The largest absolute Gasteiger partial charge is 0.479 e. The van der Waals surface area contributed by atoms with Crippen LogP contribution < -0.4 is 4.74 Å². The molecule has 0 aliphatic rings. The number of hydrogen-bond donors (Lipinski definition) is 0. The molecule has 0 spiro atoms. The molecule has 3 aromatic rings. The molecule has 0 amide bonds. The highest BCUT2D eigenvalue weighted by Gasteiger charge is 2.19. The van der Waals surface area contributed by atoms with Crippen LogP contribution in [0.15, 0.2) is 27.9 Å². The fourth-order valence-electron chi connectivity index (χ4n) is 2.25. The number of methoxy groups -OCH3 is 2. The molecule has 132 valence electrons. The third-order valence-corrected chi connectivity index (χ3v) is 4.50. The maximum Gasteiger partial charge on any atom is 0.373 e. The van der Waals surface area contributed by atoms with E-state index in [1.54, 1.807) is 23.9 Å². The quantitative estimate of drug-likeness (QED) is 0.484. The summed E-state index contributed by atoms with van der Waals surface area (Å²) >= 11 is 1.44. The van der Waals surface area contributed by atoms with Crippen molar-refractivity contribution < 1.29 is 18.7 Å². The van der Waals surface area contributed by atoms with Crippen molar-refractivity contribution in [2.75, 3.05) is 14.2 Å². The molecule has 0 unspecified atom stereocenters. The number of carbonyl (C=O) groups excluding carboxylic acids is 1. The van der Waals surface area contributed by atoms with Crippen molar-refractivity contribution in [1.82, 2.24) is 24.5 Å². The Morgan fingerprint density at radius 1 is 1.28 bits per heavy atom. The lowest BCUT2D eigenvalue weighted by Crippen LogP contribution is -1.98. The standard InChI is InChI=1S/C15H17N5O4S/c1-19-7-10(13(18-19)22-3)12-16-17-15(20(12)2)25-8-9-5-6-11(24-9)14(21)23-4/h5-7H,8H2,1-4H3. The summed E-state index contributed by atoms with van der Waals surface area (Å²) in [6, 6.07) is 3.32. The Kier molecular flexibility index (Phi) is 4.79. The first-order chi connectivity index (χ1) is 12.0. The number of aromatic nitrogens is 5. The van der Waals surface area contributed by atoms with Gasteiger partial charge in [-0.15, -0.1) is 15.3 Å². The number of esters is 1. The molecule has 0 radical (unpaired) electrons. The summed E-state index contributed by atoms with van der Waals surface area (Å²) in [7, 11) is 6.56. The van der Waals surface area contributed by atoms with Gasteiger partial charge in [0.15, 0.2) is 11.0 Å². The molecule has 0 aliphatic heterocycles. The average molecular weight is 363 g/mol. The lowest BCUT2D eigenvalue weighted by Gasteiger charge is -2.03. The van der Waals surface area contributed by atoms with E-state index in [4.69, 9.17) is 9.15 Å². The summed E-state index contributed by atoms with van der Waals surface area (Å²) in [6.45, 7) is 0. The van der Waals surface area contributed by atoms with Crippen LogP contribution in [0.3, 0.4) is 0 Å². The van der Waals surface area contributed by atoms with Gasteiger partial charge >= 0.3 is 5.97 Å². The number of nitrogens with zero attached hydrogens (tertiary/aromatic N) is 5. The number of furan rings is 1. The first kappa shape index (κ1) is 17.1. The monoisotopic (exact) mass is 363 g/mol. The molecule has 0 aromatic carbocycles. The first-order valence-corrected chi connectivity index (χ1v) is 8.29. The summed E-state index contributed by atoms with van der Waals surface area (Å²) in [5, 5.41) is 13.4. The molecular weight excluding hydrogens is 346 g/mol. The summed E-state index contributed by atoms with van der Waals surface area (Å²) < 4.78 is 18.9. The highest BCUT2D eigenvalue weighted by molar-refractivity contribution is 7.98. The topological polar surface area (TPSA) is 97.2 Å². The minimum atomic E-state index is -0.499. The van der Waals surface area contributed by atoms with E-state index in [1.165, 1.54) is 18.9 Å².